The van der Waals surface area contributed by atoms with Crippen LogP contribution >= 0.6 is 15.9 Å². The Labute approximate surface area is 133 Å². The lowest BCUT2D eigenvalue weighted by Crippen LogP contribution is -2.19. The standard InChI is InChI=1S/C16H21BrFN3/c1-5-21-12(4)16(11(3)20-21)10(2)19-9-13-8-14(18)6-7-15(13)17/h6-8,10,19H,5,9H2,1-4H3. The van der Waals surface area contributed by atoms with E-state index in [2.05, 4.69) is 47.1 Å². The minimum absolute atomic E-state index is 0.167. The zero-order chi connectivity index (χ0) is 15.6. The summed E-state index contributed by atoms with van der Waals surface area (Å²) in [5.74, 6) is -0.214. The maximum atomic E-state index is 13.3. The van der Waals surface area contributed by atoms with E-state index in [1.165, 1.54) is 17.3 Å². The molecule has 21 heavy (non-hydrogen) atoms. The largest absolute Gasteiger partial charge is 0.306 e. The summed E-state index contributed by atoms with van der Waals surface area (Å²) in [7, 11) is 0. The highest BCUT2D eigenvalue weighted by atomic mass is 79.9. The zero-order valence-corrected chi connectivity index (χ0v) is 14.5. The molecule has 5 heteroatoms. The van der Waals surface area contributed by atoms with Crippen LogP contribution in [0.15, 0.2) is 22.7 Å². The van der Waals surface area contributed by atoms with Crippen LogP contribution in [0.3, 0.4) is 0 Å². The molecule has 0 radical (unpaired) electrons. The monoisotopic (exact) mass is 353 g/mol. The Bertz CT molecular complexity index is 637. The van der Waals surface area contributed by atoms with Crippen molar-refractivity contribution in [1.82, 2.24) is 15.1 Å². The fourth-order valence-corrected chi connectivity index (χ4v) is 3.08. The van der Waals surface area contributed by atoms with Crippen LogP contribution in [0, 0.1) is 19.7 Å². The van der Waals surface area contributed by atoms with Gasteiger partial charge in [-0.15, -0.1) is 0 Å². The van der Waals surface area contributed by atoms with Crippen LogP contribution in [-0.4, -0.2) is 9.78 Å². The number of benzene rings is 1. The Kier molecular flexibility index (Phi) is 5.17. The van der Waals surface area contributed by atoms with Crippen molar-refractivity contribution in [3.63, 3.8) is 0 Å². The molecule has 2 aromatic rings. The molecule has 3 nitrogen and oxygen atoms in total. The number of nitrogens with zero attached hydrogens (tertiary/aromatic N) is 2. The molecule has 1 heterocycles. The molecule has 0 aliphatic rings. The second-order valence-corrected chi connectivity index (χ2v) is 6.09. The first kappa shape index (κ1) is 16.2. The van der Waals surface area contributed by atoms with Gasteiger partial charge in [0.1, 0.15) is 5.82 Å². The van der Waals surface area contributed by atoms with E-state index in [0.717, 1.165) is 22.3 Å². The van der Waals surface area contributed by atoms with Crippen molar-refractivity contribution in [1.29, 1.82) is 0 Å². The highest BCUT2D eigenvalue weighted by molar-refractivity contribution is 9.10. The molecule has 0 aliphatic carbocycles. The second-order valence-electron chi connectivity index (χ2n) is 5.24. The first-order chi connectivity index (χ1) is 9.93. The summed E-state index contributed by atoms with van der Waals surface area (Å²) in [6.07, 6.45) is 0. The van der Waals surface area contributed by atoms with Crippen LogP contribution in [0.2, 0.25) is 0 Å². The fraction of sp³-hybridized carbons (Fsp3) is 0.438. The van der Waals surface area contributed by atoms with Crippen molar-refractivity contribution in [2.75, 3.05) is 0 Å². The molecule has 1 aromatic carbocycles. The highest BCUT2D eigenvalue weighted by Crippen LogP contribution is 2.23. The first-order valence-corrected chi connectivity index (χ1v) is 7.94. The molecule has 1 unspecified atom stereocenters. The first-order valence-electron chi connectivity index (χ1n) is 7.15. The Morgan fingerprint density at radius 2 is 2.10 bits per heavy atom. The molecular weight excluding hydrogens is 333 g/mol. The van der Waals surface area contributed by atoms with E-state index >= 15 is 0 Å². The van der Waals surface area contributed by atoms with Crippen molar-refractivity contribution in [2.24, 2.45) is 0 Å². The third-order valence-corrected chi connectivity index (χ3v) is 4.55. The Morgan fingerprint density at radius 3 is 2.71 bits per heavy atom. The molecule has 114 valence electrons. The summed E-state index contributed by atoms with van der Waals surface area (Å²) < 4.78 is 16.2. The predicted octanol–water partition coefficient (Wildman–Crippen LogP) is 4.27. The van der Waals surface area contributed by atoms with Crippen LogP contribution in [0.5, 0.6) is 0 Å². The van der Waals surface area contributed by atoms with Crippen molar-refractivity contribution in [3.05, 3.63) is 51.0 Å². The lowest BCUT2D eigenvalue weighted by atomic mass is 10.1. The van der Waals surface area contributed by atoms with E-state index < -0.39 is 0 Å². The van der Waals surface area contributed by atoms with Gasteiger partial charge in [-0.3, -0.25) is 4.68 Å². The lowest BCUT2D eigenvalue weighted by molar-refractivity contribution is 0.561. The molecular formula is C16H21BrFN3. The van der Waals surface area contributed by atoms with Crippen LogP contribution in [0.25, 0.3) is 0 Å². The van der Waals surface area contributed by atoms with E-state index in [9.17, 15) is 4.39 Å². The predicted molar refractivity (Wildman–Crippen MR) is 86.7 cm³/mol. The topological polar surface area (TPSA) is 29.9 Å². The van der Waals surface area contributed by atoms with Gasteiger partial charge in [0.25, 0.3) is 0 Å². The number of aromatic nitrogens is 2. The Hall–Kier alpha value is -1.20. The van der Waals surface area contributed by atoms with Gasteiger partial charge >= 0.3 is 0 Å². The Balaban J connectivity index is 2.13. The number of hydrogen-bond acceptors (Lipinski definition) is 2. The van der Waals surface area contributed by atoms with E-state index in [1.54, 1.807) is 12.1 Å². The molecule has 0 spiro atoms. The van der Waals surface area contributed by atoms with Crippen LogP contribution in [-0.2, 0) is 13.1 Å². The summed E-state index contributed by atoms with van der Waals surface area (Å²) in [6, 6.07) is 4.92. The summed E-state index contributed by atoms with van der Waals surface area (Å²) in [4.78, 5) is 0. The molecule has 1 atom stereocenters. The van der Waals surface area contributed by atoms with Crippen molar-refractivity contribution in [3.8, 4) is 0 Å². The third-order valence-electron chi connectivity index (χ3n) is 3.78. The van der Waals surface area contributed by atoms with Gasteiger partial charge in [-0.05, 0) is 51.5 Å². The molecule has 2 rings (SSSR count). The Morgan fingerprint density at radius 1 is 1.38 bits per heavy atom. The molecule has 0 aliphatic heterocycles. The highest BCUT2D eigenvalue weighted by Gasteiger charge is 2.16. The maximum absolute atomic E-state index is 13.3. The van der Waals surface area contributed by atoms with Gasteiger partial charge in [-0.1, -0.05) is 15.9 Å². The summed E-state index contributed by atoms with van der Waals surface area (Å²) >= 11 is 3.46. The molecule has 1 aromatic heterocycles. The molecule has 1 N–H and O–H groups in total. The molecule has 0 saturated carbocycles. The number of aryl methyl sites for hydroxylation is 2. The van der Waals surface area contributed by atoms with Gasteiger partial charge in [0.15, 0.2) is 0 Å². The quantitative estimate of drug-likeness (QED) is 0.869. The maximum Gasteiger partial charge on any atom is 0.123 e. The minimum atomic E-state index is -0.214. The van der Waals surface area contributed by atoms with Gasteiger partial charge in [-0.2, -0.15) is 5.10 Å². The molecule has 0 fully saturated rings. The fourth-order valence-electron chi connectivity index (χ4n) is 2.69. The van der Waals surface area contributed by atoms with Crippen molar-refractivity contribution in [2.45, 2.75) is 46.8 Å². The molecule has 0 saturated heterocycles. The smallest absolute Gasteiger partial charge is 0.123 e. The SMILES string of the molecule is CCn1nc(C)c(C(C)NCc2cc(F)ccc2Br)c1C. The van der Waals surface area contributed by atoms with Gasteiger partial charge in [0, 0.05) is 34.9 Å². The second kappa shape index (κ2) is 6.71. The zero-order valence-electron chi connectivity index (χ0n) is 12.9. The molecule has 0 amide bonds. The number of halogens is 2. The average molecular weight is 354 g/mol. The van der Waals surface area contributed by atoms with E-state index in [1.807, 2.05) is 11.6 Å². The van der Waals surface area contributed by atoms with E-state index in [4.69, 9.17) is 0 Å². The van der Waals surface area contributed by atoms with Gasteiger partial charge in [-0.25, -0.2) is 4.39 Å². The number of nitrogens with one attached hydrogen (secondary N) is 1. The normalized spacial score (nSPS) is 12.7. The van der Waals surface area contributed by atoms with Crippen LogP contribution < -0.4 is 5.32 Å². The number of rotatable bonds is 5. The van der Waals surface area contributed by atoms with E-state index in [0.29, 0.717) is 6.54 Å². The van der Waals surface area contributed by atoms with Gasteiger partial charge in [0.05, 0.1) is 5.69 Å². The third kappa shape index (κ3) is 3.52. The van der Waals surface area contributed by atoms with Gasteiger partial charge < -0.3 is 5.32 Å². The average Bonchev–Trinajstić information content (AvgIpc) is 2.74. The summed E-state index contributed by atoms with van der Waals surface area (Å²) in [6.45, 7) is 9.81. The summed E-state index contributed by atoms with van der Waals surface area (Å²) in [5, 5.41) is 8.00. The minimum Gasteiger partial charge on any atom is -0.306 e. The number of hydrogen-bond donors (Lipinski definition) is 1. The van der Waals surface area contributed by atoms with Crippen LogP contribution in [0.1, 0.15) is 42.4 Å². The van der Waals surface area contributed by atoms with Gasteiger partial charge in [0.2, 0.25) is 0 Å². The summed E-state index contributed by atoms with van der Waals surface area (Å²) in [5.41, 5.74) is 4.38. The van der Waals surface area contributed by atoms with Crippen molar-refractivity contribution < 1.29 is 4.39 Å². The van der Waals surface area contributed by atoms with Crippen molar-refractivity contribution >= 4 is 15.9 Å². The molecule has 0 bridgehead atoms. The lowest BCUT2D eigenvalue weighted by Gasteiger charge is -2.16. The van der Waals surface area contributed by atoms with Crippen LogP contribution in [0.4, 0.5) is 4.39 Å². The van der Waals surface area contributed by atoms with E-state index in [-0.39, 0.29) is 11.9 Å².